The van der Waals surface area contributed by atoms with Crippen LogP contribution < -0.4 is 9.62 Å². The minimum Gasteiger partial charge on any atom is -0.378 e. The van der Waals surface area contributed by atoms with E-state index in [4.69, 9.17) is 16.3 Å². The lowest BCUT2D eigenvalue weighted by molar-refractivity contribution is 0.122. The Morgan fingerprint density at radius 2 is 1.88 bits per heavy atom. The number of benzene rings is 1. The highest BCUT2D eigenvalue weighted by Gasteiger charge is 2.16. The van der Waals surface area contributed by atoms with Gasteiger partial charge in [-0.05, 0) is 24.6 Å². The number of hydrogen-bond donors (Lipinski definition) is 1. The van der Waals surface area contributed by atoms with Gasteiger partial charge >= 0.3 is 0 Å². The fourth-order valence-corrected chi connectivity index (χ4v) is 3.88. The predicted octanol–water partition coefficient (Wildman–Crippen LogP) is 1.89. The first kappa shape index (κ1) is 19.0. The van der Waals surface area contributed by atoms with Gasteiger partial charge in [0.1, 0.15) is 11.6 Å². The van der Waals surface area contributed by atoms with Crippen molar-refractivity contribution < 1.29 is 13.2 Å². The van der Waals surface area contributed by atoms with Crippen LogP contribution in [0.3, 0.4) is 0 Å². The Kier molecular flexibility index (Phi) is 6.08. The molecule has 1 N–H and O–H groups in total. The topological polar surface area (TPSA) is 84.4 Å². The number of aryl methyl sites for hydroxylation is 1. The van der Waals surface area contributed by atoms with Crippen molar-refractivity contribution in [1.82, 2.24) is 14.7 Å². The van der Waals surface area contributed by atoms with Crippen LogP contribution >= 0.6 is 11.6 Å². The van der Waals surface area contributed by atoms with Crippen molar-refractivity contribution in [2.24, 2.45) is 0 Å². The zero-order valence-corrected chi connectivity index (χ0v) is 16.1. The molecule has 1 fully saturated rings. The van der Waals surface area contributed by atoms with Gasteiger partial charge in [-0.2, -0.15) is 0 Å². The van der Waals surface area contributed by atoms with Gasteiger partial charge in [-0.15, -0.1) is 0 Å². The van der Waals surface area contributed by atoms with Crippen molar-refractivity contribution in [2.45, 2.75) is 19.2 Å². The molecular formula is C17H21ClN4O3S. The number of ether oxygens (including phenoxy) is 1. The molecule has 0 amide bonds. The molecule has 0 saturated carbocycles. The van der Waals surface area contributed by atoms with Crippen molar-refractivity contribution in [3.8, 4) is 0 Å². The van der Waals surface area contributed by atoms with Crippen LogP contribution in [0.4, 0.5) is 5.82 Å². The molecule has 0 aliphatic carbocycles. The Hall–Kier alpha value is -1.74. The molecule has 0 bridgehead atoms. The second-order valence-corrected chi connectivity index (χ2v) is 8.33. The van der Waals surface area contributed by atoms with Gasteiger partial charge in [0.25, 0.3) is 0 Å². The highest BCUT2D eigenvalue weighted by molar-refractivity contribution is 7.88. The smallest absolute Gasteiger partial charge is 0.216 e. The maximum absolute atomic E-state index is 12.3. The number of rotatable bonds is 6. The summed E-state index contributed by atoms with van der Waals surface area (Å²) in [6.45, 7) is 4.76. The molecule has 26 heavy (non-hydrogen) atoms. The highest BCUT2D eigenvalue weighted by atomic mass is 35.5. The zero-order chi connectivity index (χ0) is 18.6. The normalized spacial score (nSPS) is 15.2. The number of morpholine rings is 1. The summed E-state index contributed by atoms with van der Waals surface area (Å²) in [5.74, 6) is 1.13. The number of aromatic nitrogens is 2. The van der Waals surface area contributed by atoms with Crippen LogP contribution in [0, 0.1) is 6.92 Å². The molecular weight excluding hydrogens is 376 g/mol. The van der Waals surface area contributed by atoms with E-state index in [9.17, 15) is 8.42 Å². The largest absolute Gasteiger partial charge is 0.378 e. The Morgan fingerprint density at radius 3 is 2.58 bits per heavy atom. The quantitative estimate of drug-likeness (QED) is 0.802. The third kappa shape index (κ3) is 5.38. The third-order valence-electron chi connectivity index (χ3n) is 3.94. The van der Waals surface area contributed by atoms with E-state index in [0.717, 1.165) is 24.6 Å². The van der Waals surface area contributed by atoms with E-state index in [-0.39, 0.29) is 12.3 Å². The van der Waals surface area contributed by atoms with E-state index >= 15 is 0 Å². The molecule has 1 aliphatic heterocycles. The summed E-state index contributed by atoms with van der Waals surface area (Å²) in [4.78, 5) is 10.9. The van der Waals surface area contributed by atoms with Crippen molar-refractivity contribution in [3.63, 3.8) is 0 Å². The minimum absolute atomic E-state index is 0.0505. The summed E-state index contributed by atoms with van der Waals surface area (Å²) >= 11 is 5.82. The van der Waals surface area contributed by atoms with E-state index in [1.165, 1.54) is 0 Å². The molecule has 2 heterocycles. The average Bonchev–Trinajstić information content (AvgIpc) is 2.62. The first-order valence-electron chi connectivity index (χ1n) is 8.30. The first-order chi connectivity index (χ1) is 12.4. The van der Waals surface area contributed by atoms with Gasteiger partial charge in [-0.1, -0.05) is 23.7 Å². The molecule has 9 heteroatoms. The van der Waals surface area contributed by atoms with Gasteiger partial charge in [0, 0.05) is 29.9 Å². The molecule has 1 aromatic heterocycles. The number of anilines is 1. The Morgan fingerprint density at radius 1 is 1.19 bits per heavy atom. The lowest BCUT2D eigenvalue weighted by Crippen LogP contribution is -2.37. The van der Waals surface area contributed by atoms with Crippen LogP contribution in [0.1, 0.15) is 17.1 Å². The molecule has 0 atom stereocenters. The van der Waals surface area contributed by atoms with E-state index in [0.29, 0.717) is 29.6 Å². The predicted molar refractivity (Wildman–Crippen MR) is 101 cm³/mol. The lowest BCUT2D eigenvalue weighted by Gasteiger charge is -2.28. The van der Waals surface area contributed by atoms with Gasteiger partial charge in [-0.25, -0.2) is 23.1 Å². The molecule has 1 saturated heterocycles. The van der Waals surface area contributed by atoms with Crippen LogP contribution in [0.5, 0.6) is 0 Å². The second-order valence-electron chi connectivity index (χ2n) is 6.09. The van der Waals surface area contributed by atoms with Gasteiger partial charge in [0.2, 0.25) is 10.0 Å². The van der Waals surface area contributed by atoms with Crippen LogP contribution in [-0.2, 0) is 27.1 Å². The van der Waals surface area contributed by atoms with Crippen molar-refractivity contribution >= 4 is 27.4 Å². The molecule has 0 unspecified atom stereocenters. The Labute approximate surface area is 158 Å². The number of halogens is 1. The summed E-state index contributed by atoms with van der Waals surface area (Å²) in [6.07, 6.45) is 0. The number of nitrogens with zero attached hydrogens (tertiary/aromatic N) is 3. The van der Waals surface area contributed by atoms with Gasteiger partial charge in [0.15, 0.2) is 0 Å². The van der Waals surface area contributed by atoms with Gasteiger partial charge < -0.3 is 9.64 Å². The fourth-order valence-electron chi connectivity index (χ4n) is 2.67. The number of nitrogens with one attached hydrogen (secondary N) is 1. The average molecular weight is 397 g/mol. The van der Waals surface area contributed by atoms with E-state index in [2.05, 4.69) is 19.6 Å². The SMILES string of the molecule is Cc1cc(N2CCOCC2)nc(CNS(=O)(=O)Cc2ccc(Cl)cc2)n1. The highest BCUT2D eigenvalue weighted by Crippen LogP contribution is 2.15. The molecule has 3 rings (SSSR count). The summed E-state index contributed by atoms with van der Waals surface area (Å²) in [6, 6.07) is 8.63. The third-order valence-corrected chi connectivity index (χ3v) is 5.49. The fraction of sp³-hybridized carbons (Fsp3) is 0.412. The Bertz CT molecular complexity index is 853. The van der Waals surface area contributed by atoms with Crippen molar-refractivity contribution in [1.29, 1.82) is 0 Å². The van der Waals surface area contributed by atoms with Crippen LogP contribution in [0.2, 0.25) is 5.02 Å². The minimum atomic E-state index is -3.50. The molecule has 1 aromatic carbocycles. The molecule has 1 aliphatic rings. The maximum atomic E-state index is 12.3. The second kappa shape index (κ2) is 8.30. The molecule has 140 valence electrons. The number of sulfonamides is 1. The van der Waals surface area contributed by atoms with E-state index in [1.807, 2.05) is 13.0 Å². The van der Waals surface area contributed by atoms with E-state index in [1.54, 1.807) is 24.3 Å². The summed E-state index contributed by atoms with van der Waals surface area (Å²) < 4.78 is 32.5. The lowest BCUT2D eigenvalue weighted by atomic mass is 10.2. The van der Waals surface area contributed by atoms with Crippen LogP contribution in [0.15, 0.2) is 30.3 Å². The summed E-state index contributed by atoms with van der Waals surface area (Å²) in [5, 5.41) is 0.572. The molecule has 0 radical (unpaired) electrons. The summed E-state index contributed by atoms with van der Waals surface area (Å²) in [7, 11) is -3.50. The Balaban J connectivity index is 1.66. The summed E-state index contributed by atoms with van der Waals surface area (Å²) in [5.41, 5.74) is 1.47. The molecule has 0 spiro atoms. The standard InChI is InChI=1S/C17H21ClN4O3S/c1-13-10-17(22-6-8-25-9-7-22)21-16(20-13)11-19-26(23,24)12-14-2-4-15(18)5-3-14/h2-5,10,19H,6-9,11-12H2,1H3. The van der Waals surface area contributed by atoms with Crippen molar-refractivity contribution in [2.75, 3.05) is 31.2 Å². The molecule has 7 nitrogen and oxygen atoms in total. The first-order valence-corrected chi connectivity index (χ1v) is 10.3. The van der Waals surface area contributed by atoms with Crippen molar-refractivity contribution in [3.05, 3.63) is 52.4 Å². The zero-order valence-electron chi connectivity index (χ0n) is 14.5. The maximum Gasteiger partial charge on any atom is 0.216 e. The number of hydrogen-bond acceptors (Lipinski definition) is 6. The monoisotopic (exact) mass is 396 g/mol. The van der Waals surface area contributed by atoms with E-state index < -0.39 is 10.0 Å². The van der Waals surface area contributed by atoms with Crippen LogP contribution in [0.25, 0.3) is 0 Å². The van der Waals surface area contributed by atoms with Gasteiger partial charge in [-0.3, -0.25) is 0 Å². The van der Waals surface area contributed by atoms with Gasteiger partial charge in [0.05, 0.1) is 25.5 Å². The van der Waals surface area contributed by atoms with Crippen LogP contribution in [-0.4, -0.2) is 44.7 Å². The molecule has 2 aromatic rings.